The van der Waals surface area contributed by atoms with E-state index in [1.807, 2.05) is 12.1 Å². The summed E-state index contributed by atoms with van der Waals surface area (Å²) >= 11 is 3.40. The van der Waals surface area contributed by atoms with Crippen molar-refractivity contribution in [3.05, 3.63) is 28.2 Å². The van der Waals surface area contributed by atoms with Crippen LogP contribution >= 0.6 is 15.9 Å². The Morgan fingerprint density at radius 3 is 2.84 bits per heavy atom. The van der Waals surface area contributed by atoms with Crippen LogP contribution in [-0.2, 0) is 0 Å². The molecule has 0 radical (unpaired) electrons. The number of anilines is 1. The van der Waals surface area contributed by atoms with Crippen LogP contribution in [0.25, 0.3) is 0 Å². The minimum absolute atomic E-state index is 0.405. The Bertz CT molecular complexity index is 446. The lowest BCUT2D eigenvalue weighted by atomic mass is 10.1. The van der Waals surface area contributed by atoms with E-state index in [-0.39, 0.29) is 0 Å². The molecule has 1 aliphatic rings. The highest BCUT2D eigenvalue weighted by Gasteiger charge is 2.11. The Labute approximate surface area is 121 Å². The van der Waals surface area contributed by atoms with Crippen LogP contribution in [0.5, 0.6) is 0 Å². The van der Waals surface area contributed by atoms with Crippen molar-refractivity contribution in [2.45, 2.75) is 0 Å². The van der Waals surface area contributed by atoms with Crippen LogP contribution in [-0.4, -0.2) is 50.1 Å². The van der Waals surface area contributed by atoms with Gasteiger partial charge in [0.1, 0.15) is 0 Å². The fourth-order valence-electron chi connectivity index (χ4n) is 2.16. The highest BCUT2D eigenvalue weighted by molar-refractivity contribution is 9.10. The molecule has 1 aromatic rings. The number of nitrogens with two attached hydrogens (primary N) is 1. The van der Waals surface area contributed by atoms with Gasteiger partial charge in [-0.3, -0.25) is 9.69 Å². The number of hydrogen-bond acceptors (Lipinski definition) is 4. The predicted octanol–water partition coefficient (Wildman–Crippen LogP) is 0.865. The van der Waals surface area contributed by atoms with Gasteiger partial charge in [0, 0.05) is 49.4 Å². The van der Waals surface area contributed by atoms with Gasteiger partial charge in [-0.15, -0.1) is 0 Å². The zero-order valence-corrected chi connectivity index (χ0v) is 12.4. The summed E-state index contributed by atoms with van der Waals surface area (Å²) in [6.45, 7) is 6.00. The molecule has 0 aromatic heterocycles. The molecule has 1 aliphatic heterocycles. The SMILES string of the molecule is NC(=O)c1ccc(Br)cc1NCCN1CCNCC1. The summed E-state index contributed by atoms with van der Waals surface area (Å²) in [6, 6.07) is 5.44. The molecule has 0 spiro atoms. The van der Waals surface area contributed by atoms with E-state index in [2.05, 4.69) is 31.5 Å². The topological polar surface area (TPSA) is 70.4 Å². The summed E-state index contributed by atoms with van der Waals surface area (Å²) in [4.78, 5) is 13.7. The van der Waals surface area contributed by atoms with Crippen molar-refractivity contribution in [3.8, 4) is 0 Å². The summed E-state index contributed by atoms with van der Waals surface area (Å²) < 4.78 is 0.933. The van der Waals surface area contributed by atoms with Gasteiger partial charge >= 0.3 is 0 Å². The number of carbonyl (C=O) groups excluding carboxylic acids is 1. The second-order valence-corrected chi connectivity index (χ2v) is 5.49. The molecular weight excluding hydrogens is 308 g/mol. The Kier molecular flexibility index (Phi) is 5.18. The highest BCUT2D eigenvalue weighted by atomic mass is 79.9. The number of carbonyl (C=O) groups is 1. The molecule has 104 valence electrons. The Balaban J connectivity index is 1.91. The van der Waals surface area contributed by atoms with Gasteiger partial charge in [-0.2, -0.15) is 0 Å². The van der Waals surface area contributed by atoms with Gasteiger partial charge in [-0.25, -0.2) is 0 Å². The van der Waals surface area contributed by atoms with E-state index >= 15 is 0 Å². The maximum Gasteiger partial charge on any atom is 0.250 e. The lowest BCUT2D eigenvalue weighted by Gasteiger charge is -2.27. The highest BCUT2D eigenvalue weighted by Crippen LogP contribution is 2.20. The number of piperazine rings is 1. The Hall–Kier alpha value is -1.11. The smallest absolute Gasteiger partial charge is 0.250 e. The Morgan fingerprint density at radius 1 is 1.42 bits per heavy atom. The van der Waals surface area contributed by atoms with Gasteiger partial charge in [0.25, 0.3) is 5.91 Å². The number of hydrogen-bond donors (Lipinski definition) is 3. The summed E-state index contributed by atoms with van der Waals surface area (Å²) in [5.74, 6) is -0.405. The third kappa shape index (κ3) is 4.19. The van der Waals surface area contributed by atoms with E-state index in [1.54, 1.807) is 6.07 Å². The number of nitrogens with zero attached hydrogens (tertiary/aromatic N) is 1. The molecule has 1 saturated heterocycles. The van der Waals surface area contributed by atoms with Crippen molar-refractivity contribution in [3.63, 3.8) is 0 Å². The second-order valence-electron chi connectivity index (χ2n) is 4.57. The van der Waals surface area contributed by atoms with E-state index in [4.69, 9.17) is 5.73 Å². The fraction of sp³-hybridized carbons (Fsp3) is 0.462. The van der Waals surface area contributed by atoms with Crippen LogP contribution in [0.3, 0.4) is 0 Å². The normalized spacial score (nSPS) is 16.3. The van der Waals surface area contributed by atoms with Gasteiger partial charge in [0.05, 0.1) is 5.56 Å². The van der Waals surface area contributed by atoms with Crippen LogP contribution < -0.4 is 16.4 Å². The molecule has 2 rings (SSSR count). The summed E-state index contributed by atoms with van der Waals surface area (Å²) in [5.41, 5.74) is 6.69. The first-order chi connectivity index (χ1) is 9.16. The molecule has 0 atom stereocenters. The van der Waals surface area contributed by atoms with E-state index in [0.29, 0.717) is 5.56 Å². The van der Waals surface area contributed by atoms with Crippen molar-refractivity contribution in [1.82, 2.24) is 10.2 Å². The molecule has 4 N–H and O–H groups in total. The van der Waals surface area contributed by atoms with Crippen molar-refractivity contribution in [2.75, 3.05) is 44.6 Å². The van der Waals surface area contributed by atoms with Gasteiger partial charge in [-0.05, 0) is 18.2 Å². The maximum atomic E-state index is 11.3. The fourth-order valence-corrected chi connectivity index (χ4v) is 2.52. The first-order valence-corrected chi connectivity index (χ1v) is 7.22. The number of rotatable bonds is 5. The van der Waals surface area contributed by atoms with Crippen LogP contribution in [0.2, 0.25) is 0 Å². The molecule has 1 heterocycles. The van der Waals surface area contributed by atoms with Gasteiger partial charge in [0.2, 0.25) is 0 Å². The molecular formula is C13H19BrN4O. The third-order valence-electron chi connectivity index (χ3n) is 3.20. The third-order valence-corrected chi connectivity index (χ3v) is 3.69. The molecule has 6 heteroatoms. The van der Waals surface area contributed by atoms with Crippen molar-refractivity contribution in [1.29, 1.82) is 0 Å². The van der Waals surface area contributed by atoms with Crippen molar-refractivity contribution < 1.29 is 4.79 Å². The van der Waals surface area contributed by atoms with Gasteiger partial charge < -0.3 is 16.4 Å². The minimum Gasteiger partial charge on any atom is -0.383 e. The van der Waals surface area contributed by atoms with Gasteiger partial charge in [-0.1, -0.05) is 15.9 Å². The monoisotopic (exact) mass is 326 g/mol. The van der Waals surface area contributed by atoms with Crippen LogP contribution in [0.4, 0.5) is 5.69 Å². The zero-order valence-electron chi connectivity index (χ0n) is 10.8. The lowest BCUT2D eigenvalue weighted by Crippen LogP contribution is -2.45. The first kappa shape index (κ1) is 14.3. The van der Waals surface area contributed by atoms with Gasteiger partial charge in [0.15, 0.2) is 0 Å². The summed E-state index contributed by atoms with van der Waals surface area (Å²) in [6.07, 6.45) is 0. The molecule has 0 aliphatic carbocycles. The van der Waals surface area contributed by atoms with E-state index < -0.39 is 5.91 Å². The maximum absolute atomic E-state index is 11.3. The first-order valence-electron chi connectivity index (χ1n) is 6.43. The molecule has 5 nitrogen and oxygen atoms in total. The number of nitrogens with one attached hydrogen (secondary N) is 2. The average Bonchev–Trinajstić information content (AvgIpc) is 2.39. The minimum atomic E-state index is -0.405. The standard InChI is InChI=1S/C13H19BrN4O/c14-10-1-2-11(13(15)19)12(9-10)17-5-8-18-6-3-16-4-7-18/h1-2,9,16-17H,3-8H2,(H2,15,19). The molecule has 0 saturated carbocycles. The average molecular weight is 327 g/mol. The van der Waals surface area contributed by atoms with Crippen LogP contribution in [0, 0.1) is 0 Å². The van der Waals surface area contributed by atoms with E-state index in [0.717, 1.165) is 49.4 Å². The van der Waals surface area contributed by atoms with Crippen LogP contribution in [0.15, 0.2) is 22.7 Å². The van der Waals surface area contributed by atoms with E-state index in [9.17, 15) is 4.79 Å². The second kappa shape index (κ2) is 6.88. The molecule has 19 heavy (non-hydrogen) atoms. The number of amides is 1. The Morgan fingerprint density at radius 2 is 2.16 bits per heavy atom. The van der Waals surface area contributed by atoms with Crippen molar-refractivity contribution >= 4 is 27.5 Å². The molecule has 1 aromatic carbocycles. The molecule has 1 amide bonds. The molecule has 0 unspecified atom stereocenters. The summed E-state index contributed by atoms with van der Waals surface area (Å²) in [7, 11) is 0. The predicted molar refractivity (Wildman–Crippen MR) is 80.5 cm³/mol. The number of benzene rings is 1. The zero-order chi connectivity index (χ0) is 13.7. The summed E-state index contributed by atoms with van der Waals surface area (Å²) in [5, 5.41) is 6.61. The lowest BCUT2D eigenvalue weighted by molar-refractivity contribution is 0.100. The van der Waals surface area contributed by atoms with Crippen LogP contribution in [0.1, 0.15) is 10.4 Å². The quantitative estimate of drug-likeness (QED) is 0.750. The van der Waals surface area contributed by atoms with E-state index in [1.165, 1.54) is 0 Å². The molecule has 0 bridgehead atoms. The number of halogens is 1. The number of primary amides is 1. The largest absolute Gasteiger partial charge is 0.383 e. The van der Waals surface area contributed by atoms with Crippen molar-refractivity contribution in [2.24, 2.45) is 5.73 Å². The molecule has 1 fully saturated rings.